The normalized spacial score (nSPS) is 5.50. The second-order valence-electron chi connectivity index (χ2n) is 0.664. The molecular formula is C2H8BrN3. The van der Waals surface area contributed by atoms with Crippen LogP contribution in [0, 0.1) is 5.41 Å². The molecule has 0 aliphatic carbocycles. The summed E-state index contributed by atoms with van der Waals surface area (Å²) >= 11 is 0. The molecule has 0 aromatic carbocycles. The van der Waals surface area contributed by atoms with Gasteiger partial charge in [0.1, 0.15) is 0 Å². The number of hydrogen-bond donors (Lipinski definition) is 3. The molecule has 0 saturated carbocycles. The van der Waals surface area contributed by atoms with Gasteiger partial charge in [0, 0.05) is 7.05 Å². The maximum absolute atomic E-state index is 6.41. The van der Waals surface area contributed by atoms with E-state index in [0.29, 0.717) is 0 Å². The minimum atomic E-state index is 0. The van der Waals surface area contributed by atoms with E-state index in [1.54, 1.807) is 7.05 Å². The van der Waals surface area contributed by atoms with E-state index in [1.807, 2.05) is 0 Å². The summed E-state index contributed by atoms with van der Waals surface area (Å²) in [6.07, 6.45) is 0. The highest BCUT2D eigenvalue weighted by Crippen LogP contribution is 1.31. The third-order valence-corrected chi connectivity index (χ3v) is 0.269. The largest absolute Gasteiger partial charge is 0.370 e. The zero-order valence-corrected chi connectivity index (χ0v) is 5.20. The molecule has 0 saturated heterocycles. The second kappa shape index (κ2) is 4.75. The number of nitrogens with two attached hydrogens (primary N) is 1. The molecule has 0 aliphatic rings. The van der Waals surface area contributed by atoms with Crippen LogP contribution in [0.3, 0.4) is 0 Å². The Kier molecular flexibility index (Phi) is 7.30. The highest BCUT2D eigenvalue weighted by Gasteiger charge is 1.65. The van der Waals surface area contributed by atoms with Gasteiger partial charge in [-0.15, -0.1) is 17.0 Å². The number of halogens is 1. The van der Waals surface area contributed by atoms with Gasteiger partial charge in [-0.25, -0.2) is 0 Å². The Hall–Kier alpha value is -0.250. The minimum absolute atomic E-state index is 0. The van der Waals surface area contributed by atoms with Gasteiger partial charge in [0.25, 0.3) is 0 Å². The zero-order chi connectivity index (χ0) is 4.28. The molecule has 0 aliphatic heterocycles. The lowest BCUT2D eigenvalue weighted by Crippen LogP contribution is -2.25. The van der Waals surface area contributed by atoms with Crippen LogP contribution in [0.25, 0.3) is 0 Å². The van der Waals surface area contributed by atoms with Crippen molar-refractivity contribution in [3.8, 4) is 0 Å². The zero-order valence-electron chi connectivity index (χ0n) is 3.49. The van der Waals surface area contributed by atoms with Gasteiger partial charge in [0.15, 0.2) is 5.96 Å². The predicted molar refractivity (Wildman–Crippen MR) is 31.3 cm³/mol. The summed E-state index contributed by atoms with van der Waals surface area (Å²) in [6.45, 7) is 0. The summed E-state index contributed by atoms with van der Waals surface area (Å²) in [5.41, 5.74) is 4.76. The van der Waals surface area contributed by atoms with Gasteiger partial charge in [-0.05, 0) is 0 Å². The molecule has 0 aromatic rings. The number of nitrogens with one attached hydrogen (secondary N) is 2. The molecule has 0 aromatic heterocycles. The maximum atomic E-state index is 6.41. The first kappa shape index (κ1) is 9.23. The fraction of sp³-hybridized carbons (Fsp3) is 0.500. The molecule has 4 heteroatoms. The van der Waals surface area contributed by atoms with E-state index in [0.717, 1.165) is 0 Å². The van der Waals surface area contributed by atoms with Crippen molar-refractivity contribution in [2.75, 3.05) is 7.05 Å². The second-order valence-corrected chi connectivity index (χ2v) is 0.664. The molecule has 0 spiro atoms. The van der Waals surface area contributed by atoms with Crippen LogP contribution in [0.15, 0.2) is 0 Å². The molecule has 0 radical (unpaired) electrons. The van der Waals surface area contributed by atoms with E-state index in [2.05, 4.69) is 5.32 Å². The average Bonchev–Trinajstić information content (AvgIpc) is 1.38. The summed E-state index contributed by atoms with van der Waals surface area (Å²) in [4.78, 5) is 0. The standard InChI is InChI=1S/C2H7N3.BrH/c1-5-2(3)4;/h1H3,(H4,3,4,5);1H. The van der Waals surface area contributed by atoms with E-state index in [-0.39, 0.29) is 22.9 Å². The van der Waals surface area contributed by atoms with Crippen LogP contribution in [-0.2, 0) is 0 Å². The maximum Gasteiger partial charge on any atom is 0.185 e. The smallest absolute Gasteiger partial charge is 0.185 e. The van der Waals surface area contributed by atoms with Gasteiger partial charge < -0.3 is 11.1 Å². The third-order valence-electron chi connectivity index (χ3n) is 0.269. The van der Waals surface area contributed by atoms with Crippen molar-refractivity contribution in [3.05, 3.63) is 0 Å². The average molecular weight is 154 g/mol. The predicted octanol–water partition coefficient (Wildman–Crippen LogP) is -0.323. The number of hydrogen-bond acceptors (Lipinski definition) is 1. The first-order chi connectivity index (χ1) is 2.27. The first-order valence-corrected chi connectivity index (χ1v) is 1.29. The summed E-state index contributed by atoms with van der Waals surface area (Å²) in [5, 5.41) is 8.80. The lowest BCUT2D eigenvalue weighted by atomic mass is 11.0. The van der Waals surface area contributed by atoms with E-state index < -0.39 is 0 Å². The molecule has 0 fully saturated rings. The number of rotatable bonds is 0. The van der Waals surface area contributed by atoms with Gasteiger partial charge in [-0.3, -0.25) is 5.41 Å². The van der Waals surface area contributed by atoms with Crippen molar-refractivity contribution in [3.63, 3.8) is 0 Å². The van der Waals surface area contributed by atoms with E-state index in [9.17, 15) is 0 Å². The molecule has 4 N–H and O–H groups in total. The van der Waals surface area contributed by atoms with Crippen molar-refractivity contribution < 1.29 is 0 Å². The lowest BCUT2D eigenvalue weighted by molar-refractivity contribution is 1.12. The Morgan fingerprint density at radius 3 is 2.00 bits per heavy atom. The molecule has 38 valence electrons. The minimum Gasteiger partial charge on any atom is -0.370 e. The van der Waals surface area contributed by atoms with Gasteiger partial charge in [0.2, 0.25) is 0 Å². The van der Waals surface area contributed by atoms with Crippen molar-refractivity contribution in [1.29, 1.82) is 5.41 Å². The third kappa shape index (κ3) is 9.26. The molecule has 0 atom stereocenters. The van der Waals surface area contributed by atoms with Gasteiger partial charge in [-0.2, -0.15) is 0 Å². The topological polar surface area (TPSA) is 61.9 Å². The van der Waals surface area contributed by atoms with Crippen LogP contribution in [0.1, 0.15) is 0 Å². The summed E-state index contributed by atoms with van der Waals surface area (Å²) in [5.74, 6) is 0.00463. The van der Waals surface area contributed by atoms with Gasteiger partial charge >= 0.3 is 0 Å². The Labute approximate surface area is 47.2 Å². The van der Waals surface area contributed by atoms with Gasteiger partial charge in [-0.1, -0.05) is 0 Å². The molecular weight excluding hydrogens is 146 g/mol. The van der Waals surface area contributed by atoms with Crippen LogP contribution in [0.5, 0.6) is 0 Å². The molecule has 0 bridgehead atoms. The highest BCUT2D eigenvalue weighted by molar-refractivity contribution is 8.93. The molecule has 3 nitrogen and oxygen atoms in total. The van der Waals surface area contributed by atoms with Crippen LogP contribution in [0.4, 0.5) is 0 Å². The van der Waals surface area contributed by atoms with Crippen molar-refractivity contribution in [1.82, 2.24) is 5.32 Å². The molecule has 0 amide bonds. The lowest BCUT2D eigenvalue weighted by Gasteiger charge is -1.85. The summed E-state index contributed by atoms with van der Waals surface area (Å²) < 4.78 is 0. The first-order valence-electron chi connectivity index (χ1n) is 1.29. The van der Waals surface area contributed by atoms with Crippen LogP contribution >= 0.6 is 17.0 Å². The van der Waals surface area contributed by atoms with Crippen LogP contribution in [0.2, 0.25) is 0 Å². The Bertz CT molecular complexity index is 44.1. The fourth-order valence-corrected chi connectivity index (χ4v) is 0. The van der Waals surface area contributed by atoms with Crippen molar-refractivity contribution in [2.24, 2.45) is 5.73 Å². The van der Waals surface area contributed by atoms with Gasteiger partial charge in [0.05, 0.1) is 0 Å². The monoisotopic (exact) mass is 153 g/mol. The molecule has 6 heavy (non-hydrogen) atoms. The van der Waals surface area contributed by atoms with E-state index in [4.69, 9.17) is 11.1 Å². The van der Waals surface area contributed by atoms with Crippen molar-refractivity contribution >= 4 is 22.9 Å². The van der Waals surface area contributed by atoms with E-state index in [1.165, 1.54) is 0 Å². The molecule has 0 rings (SSSR count). The van der Waals surface area contributed by atoms with Crippen LogP contribution in [-0.4, -0.2) is 13.0 Å². The summed E-state index contributed by atoms with van der Waals surface area (Å²) in [6, 6.07) is 0. The SMILES string of the molecule is Br.CNC(=N)N. The van der Waals surface area contributed by atoms with Crippen LogP contribution < -0.4 is 11.1 Å². The fourth-order valence-electron chi connectivity index (χ4n) is 0. The Balaban J connectivity index is 0. The molecule has 0 heterocycles. The van der Waals surface area contributed by atoms with Crippen molar-refractivity contribution in [2.45, 2.75) is 0 Å². The number of guanidine groups is 1. The summed E-state index contributed by atoms with van der Waals surface area (Å²) in [7, 11) is 1.60. The van der Waals surface area contributed by atoms with E-state index >= 15 is 0 Å². The quantitative estimate of drug-likeness (QED) is 0.330. The highest BCUT2D eigenvalue weighted by atomic mass is 79.9. The Morgan fingerprint density at radius 2 is 2.00 bits per heavy atom. The Morgan fingerprint density at radius 1 is 1.83 bits per heavy atom. The molecule has 0 unspecified atom stereocenters.